The summed E-state index contributed by atoms with van der Waals surface area (Å²) in [4.78, 5) is 11.0. The van der Waals surface area contributed by atoms with Crippen molar-refractivity contribution in [3.8, 4) is 0 Å². The fourth-order valence-corrected chi connectivity index (χ4v) is 1.10. The number of hydrogen-bond acceptors (Lipinski definition) is 2. The van der Waals surface area contributed by atoms with Crippen LogP contribution in [-0.2, 0) is 4.74 Å². The summed E-state index contributed by atoms with van der Waals surface area (Å²) in [6, 6.07) is 7.58. The van der Waals surface area contributed by atoms with Crippen molar-refractivity contribution < 1.29 is 21.9 Å². The number of carbonyl (C=O) groups excluding carboxylic acids is 1. The Morgan fingerprint density at radius 1 is 1.12 bits per heavy atom. The molecule has 16 heavy (non-hydrogen) atoms. The average Bonchev–Trinajstić information content (AvgIpc) is 2.14. The van der Waals surface area contributed by atoms with Crippen molar-refractivity contribution in [1.29, 1.82) is 0 Å². The molecule has 0 bridgehead atoms. The number of hydrogen-bond donors (Lipinski definition) is 0. The van der Waals surface area contributed by atoms with E-state index in [0.717, 1.165) is 0 Å². The Labute approximate surface area is 104 Å². The van der Waals surface area contributed by atoms with E-state index < -0.39 is 21.3 Å². The fraction of sp³-hybridized carbons (Fsp3) is 0.125. The van der Waals surface area contributed by atoms with Gasteiger partial charge in [-0.25, -0.2) is 17.1 Å². The second-order valence-electron chi connectivity index (χ2n) is 2.56. The molecule has 1 aromatic rings. The Hall–Kier alpha value is -0.723. The predicted molar refractivity (Wildman–Crippen MR) is 60.3 cm³/mol. The van der Waals surface area contributed by atoms with Crippen LogP contribution in [0.3, 0.4) is 0 Å². The van der Waals surface area contributed by atoms with Crippen molar-refractivity contribution >= 4 is 39.9 Å². The van der Waals surface area contributed by atoms with Gasteiger partial charge in [0.15, 0.2) is 6.23 Å². The smallest absolute Gasteiger partial charge is 0.457 e. The summed E-state index contributed by atoms with van der Waals surface area (Å²) in [6.07, 6.45) is -1.42. The van der Waals surface area contributed by atoms with E-state index in [2.05, 4.69) is 4.74 Å². The number of ether oxygens (including phenoxy) is 1. The molecule has 0 saturated carbocycles. The Bertz CT molecular complexity index is 319. The molecule has 8 heteroatoms. The van der Waals surface area contributed by atoms with Crippen LogP contribution < -0.4 is 0 Å². The van der Waals surface area contributed by atoms with Gasteiger partial charge in [-0.3, -0.25) is 0 Å². The molecule has 0 amide bonds. The van der Waals surface area contributed by atoms with Gasteiger partial charge in [-0.15, -0.1) is 24.8 Å². The first kappa shape index (κ1) is 17.7. The minimum absolute atomic E-state index is 0. The summed E-state index contributed by atoms with van der Waals surface area (Å²) < 4.78 is 39.5. The first-order valence-corrected chi connectivity index (χ1v) is 5.62. The number of rotatable bonds is 3. The fourth-order valence-electron chi connectivity index (χ4n) is 0.805. The molecule has 0 radical (unpaired) electrons. The van der Waals surface area contributed by atoms with Crippen LogP contribution in [0.5, 0.6) is 0 Å². The Morgan fingerprint density at radius 3 is 2.06 bits per heavy atom. The lowest BCUT2D eigenvalue weighted by Gasteiger charge is -2.04. The molecule has 1 rings (SSSR count). The standard InChI is InChI=1S/C8H7F3O2Si.2ClH/c9-14(10,11)6-13-8(12)7-4-2-1-3-5-7;;/h1-5H,6H2;2*1H. The molecule has 2 nitrogen and oxygen atoms in total. The van der Waals surface area contributed by atoms with E-state index in [9.17, 15) is 17.1 Å². The van der Waals surface area contributed by atoms with Gasteiger partial charge in [0, 0.05) is 0 Å². The van der Waals surface area contributed by atoms with Crippen LogP contribution in [-0.4, -0.2) is 21.3 Å². The van der Waals surface area contributed by atoms with Crippen LogP contribution in [0.1, 0.15) is 10.4 Å². The lowest BCUT2D eigenvalue weighted by atomic mass is 10.2. The topological polar surface area (TPSA) is 26.3 Å². The van der Waals surface area contributed by atoms with E-state index >= 15 is 0 Å². The summed E-state index contributed by atoms with van der Waals surface area (Å²) in [5.74, 6) is -0.935. The normalized spacial score (nSPS) is 9.69. The maximum Gasteiger partial charge on any atom is 0.656 e. The number of benzene rings is 1. The van der Waals surface area contributed by atoms with Gasteiger partial charge in [-0.05, 0) is 12.1 Å². The first-order valence-electron chi connectivity index (χ1n) is 3.78. The summed E-state index contributed by atoms with van der Waals surface area (Å²) in [7, 11) is -5.80. The molecule has 0 aliphatic heterocycles. The minimum Gasteiger partial charge on any atom is -0.457 e. The second kappa shape index (κ2) is 7.53. The molecule has 0 atom stereocenters. The summed E-state index contributed by atoms with van der Waals surface area (Å²) in [5.41, 5.74) is 0.130. The van der Waals surface area contributed by atoms with Crippen molar-refractivity contribution in [2.45, 2.75) is 0 Å². The summed E-state index contributed by atoms with van der Waals surface area (Å²) >= 11 is 0. The highest BCUT2D eigenvalue weighted by Gasteiger charge is 2.39. The Kier molecular flexibility index (Phi) is 8.32. The predicted octanol–water partition coefficient (Wildman–Crippen LogP) is 3.07. The molecule has 0 fully saturated rings. The number of esters is 1. The molecule has 0 unspecified atom stereocenters. The maximum atomic E-state index is 11.8. The first-order chi connectivity index (χ1) is 6.49. The lowest BCUT2D eigenvalue weighted by molar-refractivity contribution is 0.0537. The van der Waals surface area contributed by atoms with E-state index in [-0.39, 0.29) is 30.4 Å². The van der Waals surface area contributed by atoms with Crippen LogP contribution in [0, 0.1) is 0 Å². The van der Waals surface area contributed by atoms with Crippen molar-refractivity contribution in [3.05, 3.63) is 35.9 Å². The molecule has 0 aliphatic carbocycles. The molecule has 0 spiro atoms. The third-order valence-electron chi connectivity index (χ3n) is 1.38. The van der Waals surface area contributed by atoms with E-state index in [1.807, 2.05) is 0 Å². The Morgan fingerprint density at radius 2 is 1.62 bits per heavy atom. The van der Waals surface area contributed by atoms with Gasteiger partial charge in [0.05, 0.1) is 5.56 Å². The monoisotopic (exact) mass is 292 g/mol. The van der Waals surface area contributed by atoms with Gasteiger partial charge >= 0.3 is 15.0 Å². The highest BCUT2D eigenvalue weighted by Crippen LogP contribution is 2.10. The maximum absolute atomic E-state index is 11.8. The third-order valence-corrected chi connectivity index (χ3v) is 1.85. The molecule has 0 aromatic heterocycles. The second-order valence-corrected chi connectivity index (χ2v) is 4.08. The van der Waals surface area contributed by atoms with Gasteiger partial charge in [0.2, 0.25) is 0 Å². The van der Waals surface area contributed by atoms with Crippen LogP contribution >= 0.6 is 24.8 Å². The molecular formula is C8H9Cl2F3O2Si. The largest absolute Gasteiger partial charge is 0.656 e. The zero-order chi connectivity index (χ0) is 10.6. The van der Waals surface area contributed by atoms with E-state index in [1.54, 1.807) is 18.2 Å². The van der Waals surface area contributed by atoms with Crippen molar-refractivity contribution in [3.63, 3.8) is 0 Å². The van der Waals surface area contributed by atoms with Gasteiger partial charge in [-0.2, -0.15) is 0 Å². The molecule has 1 aromatic carbocycles. The van der Waals surface area contributed by atoms with Gasteiger partial charge < -0.3 is 4.74 Å². The Balaban J connectivity index is 0. The van der Waals surface area contributed by atoms with Gasteiger partial charge in [0.25, 0.3) is 0 Å². The molecule has 0 heterocycles. The third kappa shape index (κ3) is 6.70. The minimum atomic E-state index is -5.80. The average molecular weight is 293 g/mol. The van der Waals surface area contributed by atoms with Crippen molar-refractivity contribution in [1.82, 2.24) is 0 Å². The molecule has 0 N–H and O–H groups in total. The highest BCUT2D eigenvalue weighted by molar-refractivity contribution is 6.58. The van der Waals surface area contributed by atoms with Gasteiger partial charge in [-0.1, -0.05) is 18.2 Å². The van der Waals surface area contributed by atoms with E-state index in [1.165, 1.54) is 12.1 Å². The van der Waals surface area contributed by atoms with Crippen molar-refractivity contribution in [2.75, 3.05) is 6.23 Å². The zero-order valence-electron chi connectivity index (χ0n) is 7.86. The number of halogens is 5. The lowest BCUT2D eigenvalue weighted by Crippen LogP contribution is -2.26. The summed E-state index contributed by atoms with van der Waals surface area (Å²) in [5, 5.41) is 0. The van der Waals surface area contributed by atoms with E-state index in [4.69, 9.17) is 0 Å². The van der Waals surface area contributed by atoms with E-state index in [0.29, 0.717) is 0 Å². The SMILES string of the molecule is Cl.Cl.O=C(OC[Si](F)(F)F)c1ccccc1. The van der Waals surface area contributed by atoms with Gasteiger partial charge in [0.1, 0.15) is 0 Å². The molecule has 92 valence electrons. The highest BCUT2D eigenvalue weighted by atomic mass is 35.5. The molecule has 0 aliphatic rings. The van der Waals surface area contributed by atoms with Crippen LogP contribution in [0.2, 0.25) is 0 Å². The zero-order valence-corrected chi connectivity index (χ0v) is 10.5. The van der Waals surface area contributed by atoms with Crippen LogP contribution in [0.25, 0.3) is 0 Å². The van der Waals surface area contributed by atoms with Crippen LogP contribution in [0.15, 0.2) is 30.3 Å². The van der Waals surface area contributed by atoms with Crippen molar-refractivity contribution in [2.24, 2.45) is 0 Å². The summed E-state index contributed by atoms with van der Waals surface area (Å²) in [6.45, 7) is 0. The number of carbonyl (C=O) groups is 1. The molecular weight excluding hydrogens is 284 g/mol. The quantitative estimate of drug-likeness (QED) is 0.486. The van der Waals surface area contributed by atoms with Crippen LogP contribution in [0.4, 0.5) is 12.3 Å². The molecule has 0 saturated heterocycles.